The minimum Gasteiger partial charge on any atom is -0.497 e. The van der Waals surface area contributed by atoms with E-state index in [9.17, 15) is 4.79 Å². The Labute approximate surface area is 153 Å². The van der Waals surface area contributed by atoms with E-state index in [1.165, 1.54) is 6.07 Å². The van der Waals surface area contributed by atoms with Crippen LogP contribution in [-0.2, 0) is 11.3 Å². The molecular formula is C17H12Cl2N2O4. The molecule has 1 aromatic heterocycles. The fourth-order valence-electron chi connectivity index (χ4n) is 2.04. The third kappa shape index (κ3) is 3.92. The minimum absolute atomic E-state index is 0.138. The molecule has 0 aliphatic rings. The smallest absolute Gasteiger partial charge is 0.340 e. The average molecular weight is 379 g/mol. The number of nitrogens with zero attached hydrogens (tertiary/aromatic N) is 2. The van der Waals surface area contributed by atoms with Crippen LogP contribution in [0.1, 0.15) is 16.2 Å². The monoisotopic (exact) mass is 378 g/mol. The fraction of sp³-hybridized carbons (Fsp3) is 0.118. The van der Waals surface area contributed by atoms with Crippen molar-refractivity contribution >= 4 is 29.2 Å². The second-order valence-electron chi connectivity index (χ2n) is 4.92. The lowest BCUT2D eigenvalue weighted by molar-refractivity contribution is 0.0430. The maximum absolute atomic E-state index is 12.1. The van der Waals surface area contributed by atoms with Crippen LogP contribution in [0.25, 0.3) is 11.4 Å². The number of hydrogen-bond donors (Lipinski definition) is 0. The zero-order chi connectivity index (χ0) is 17.8. The van der Waals surface area contributed by atoms with E-state index in [4.69, 9.17) is 37.2 Å². The molecule has 3 rings (SSSR count). The van der Waals surface area contributed by atoms with Gasteiger partial charge >= 0.3 is 5.97 Å². The highest BCUT2D eigenvalue weighted by Gasteiger charge is 2.16. The number of carbonyl (C=O) groups excluding carboxylic acids is 1. The predicted octanol–water partition coefficient (Wildman–Crippen LogP) is 4.41. The topological polar surface area (TPSA) is 74.5 Å². The van der Waals surface area contributed by atoms with Crippen LogP contribution in [0.5, 0.6) is 5.75 Å². The molecule has 6 nitrogen and oxygen atoms in total. The van der Waals surface area contributed by atoms with Crippen molar-refractivity contribution in [1.82, 2.24) is 10.1 Å². The van der Waals surface area contributed by atoms with Gasteiger partial charge in [-0.2, -0.15) is 4.98 Å². The van der Waals surface area contributed by atoms with Gasteiger partial charge in [0.1, 0.15) is 5.75 Å². The number of benzene rings is 2. The van der Waals surface area contributed by atoms with E-state index < -0.39 is 5.97 Å². The minimum atomic E-state index is -0.628. The van der Waals surface area contributed by atoms with Gasteiger partial charge in [0.2, 0.25) is 5.82 Å². The number of hydrogen-bond acceptors (Lipinski definition) is 6. The van der Waals surface area contributed by atoms with E-state index in [-0.39, 0.29) is 28.1 Å². The van der Waals surface area contributed by atoms with Crippen LogP contribution in [0.2, 0.25) is 10.0 Å². The van der Waals surface area contributed by atoms with Crippen molar-refractivity contribution in [3.05, 3.63) is 64.0 Å². The van der Waals surface area contributed by atoms with Gasteiger partial charge in [-0.15, -0.1) is 0 Å². The first-order valence-corrected chi connectivity index (χ1v) is 7.92. The molecule has 128 valence electrons. The van der Waals surface area contributed by atoms with Crippen LogP contribution in [0, 0.1) is 0 Å². The molecular weight excluding hydrogens is 367 g/mol. The average Bonchev–Trinajstić information content (AvgIpc) is 3.11. The van der Waals surface area contributed by atoms with Gasteiger partial charge in [-0.1, -0.05) is 34.4 Å². The molecule has 25 heavy (non-hydrogen) atoms. The Balaban J connectivity index is 1.67. The third-order valence-electron chi connectivity index (χ3n) is 3.31. The molecule has 0 spiro atoms. The molecule has 0 saturated carbocycles. The van der Waals surface area contributed by atoms with E-state index in [2.05, 4.69) is 10.1 Å². The summed E-state index contributed by atoms with van der Waals surface area (Å²) in [4.78, 5) is 16.3. The molecule has 0 fully saturated rings. The summed E-state index contributed by atoms with van der Waals surface area (Å²) >= 11 is 11.9. The second kappa shape index (κ2) is 7.55. The van der Waals surface area contributed by atoms with Gasteiger partial charge in [-0.3, -0.25) is 0 Å². The van der Waals surface area contributed by atoms with Crippen molar-refractivity contribution in [3.8, 4) is 17.1 Å². The molecule has 0 N–H and O–H groups in total. The Morgan fingerprint density at radius 2 is 1.92 bits per heavy atom. The van der Waals surface area contributed by atoms with Crippen molar-refractivity contribution in [2.24, 2.45) is 0 Å². The summed E-state index contributed by atoms with van der Waals surface area (Å²) in [5.74, 6) is 0.642. The number of methoxy groups -OCH3 is 1. The fourth-order valence-corrected chi connectivity index (χ4v) is 2.41. The van der Waals surface area contributed by atoms with Gasteiger partial charge in [0, 0.05) is 5.56 Å². The standard InChI is InChI=1S/C17H12Cl2N2O4/c1-23-11-7-5-10(6-8-11)16-20-14(25-21-16)9-24-17(22)12-3-2-4-13(18)15(12)19/h2-8H,9H2,1H3. The van der Waals surface area contributed by atoms with Gasteiger partial charge in [-0.25, -0.2) is 4.79 Å². The maximum atomic E-state index is 12.1. The Bertz CT molecular complexity index is 894. The number of aromatic nitrogens is 2. The molecule has 0 radical (unpaired) electrons. The number of halogens is 2. The lowest BCUT2D eigenvalue weighted by atomic mass is 10.2. The van der Waals surface area contributed by atoms with E-state index in [0.29, 0.717) is 5.82 Å². The first-order valence-electron chi connectivity index (χ1n) is 7.16. The highest BCUT2D eigenvalue weighted by atomic mass is 35.5. The van der Waals surface area contributed by atoms with Crippen molar-refractivity contribution in [3.63, 3.8) is 0 Å². The summed E-state index contributed by atoms with van der Waals surface area (Å²) < 4.78 is 15.3. The molecule has 0 amide bonds. The maximum Gasteiger partial charge on any atom is 0.340 e. The van der Waals surface area contributed by atoms with Crippen LogP contribution in [0.3, 0.4) is 0 Å². The Morgan fingerprint density at radius 1 is 1.16 bits per heavy atom. The largest absolute Gasteiger partial charge is 0.497 e. The summed E-state index contributed by atoms with van der Waals surface area (Å²) in [7, 11) is 1.59. The van der Waals surface area contributed by atoms with Gasteiger partial charge < -0.3 is 14.0 Å². The molecule has 1 heterocycles. The van der Waals surface area contributed by atoms with Crippen molar-refractivity contribution in [2.45, 2.75) is 6.61 Å². The van der Waals surface area contributed by atoms with Crippen molar-refractivity contribution in [1.29, 1.82) is 0 Å². The van der Waals surface area contributed by atoms with E-state index in [1.54, 1.807) is 43.5 Å². The summed E-state index contributed by atoms with van der Waals surface area (Å²) in [5, 5.41) is 4.27. The summed E-state index contributed by atoms with van der Waals surface area (Å²) in [6, 6.07) is 11.9. The number of carbonyl (C=O) groups is 1. The van der Waals surface area contributed by atoms with E-state index >= 15 is 0 Å². The van der Waals surface area contributed by atoms with Crippen LogP contribution in [-0.4, -0.2) is 23.2 Å². The van der Waals surface area contributed by atoms with Gasteiger partial charge in [-0.05, 0) is 36.4 Å². The molecule has 0 atom stereocenters. The molecule has 3 aromatic rings. The normalized spacial score (nSPS) is 10.5. The molecule has 0 unspecified atom stereocenters. The zero-order valence-electron chi connectivity index (χ0n) is 13.0. The SMILES string of the molecule is COc1ccc(-c2noc(COC(=O)c3cccc(Cl)c3Cl)n2)cc1. The highest BCUT2D eigenvalue weighted by molar-refractivity contribution is 6.43. The molecule has 0 aliphatic carbocycles. The lowest BCUT2D eigenvalue weighted by Gasteiger charge is -2.04. The summed E-state index contributed by atoms with van der Waals surface area (Å²) in [6.07, 6.45) is 0. The van der Waals surface area contributed by atoms with Crippen LogP contribution in [0.15, 0.2) is 47.0 Å². The predicted molar refractivity (Wildman–Crippen MR) is 91.9 cm³/mol. The number of rotatable bonds is 5. The Morgan fingerprint density at radius 3 is 2.64 bits per heavy atom. The molecule has 0 aliphatic heterocycles. The third-order valence-corrected chi connectivity index (χ3v) is 4.13. The first kappa shape index (κ1) is 17.3. The van der Waals surface area contributed by atoms with Gasteiger partial charge in [0.25, 0.3) is 5.89 Å². The van der Waals surface area contributed by atoms with E-state index in [1.807, 2.05) is 0 Å². The van der Waals surface area contributed by atoms with Gasteiger partial charge in [0.05, 0.1) is 22.7 Å². The number of esters is 1. The highest BCUT2D eigenvalue weighted by Crippen LogP contribution is 2.26. The van der Waals surface area contributed by atoms with Crippen molar-refractivity contribution < 1.29 is 18.8 Å². The first-order chi connectivity index (χ1) is 12.1. The molecule has 8 heteroatoms. The Kier molecular flexibility index (Phi) is 5.21. The van der Waals surface area contributed by atoms with Gasteiger partial charge in [0.15, 0.2) is 6.61 Å². The second-order valence-corrected chi connectivity index (χ2v) is 5.70. The molecule has 2 aromatic carbocycles. The van der Waals surface area contributed by atoms with E-state index in [0.717, 1.165) is 11.3 Å². The van der Waals surface area contributed by atoms with Crippen LogP contribution in [0.4, 0.5) is 0 Å². The summed E-state index contributed by atoms with van der Waals surface area (Å²) in [5.41, 5.74) is 0.920. The summed E-state index contributed by atoms with van der Waals surface area (Å²) in [6.45, 7) is -0.176. The Hall–Kier alpha value is -2.57. The molecule has 0 saturated heterocycles. The molecule has 0 bridgehead atoms. The van der Waals surface area contributed by atoms with Crippen LogP contribution >= 0.6 is 23.2 Å². The number of ether oxygens (including phenoxy) is 2. The van der Waals surface area contributed by atoms with Crippen LogP contribution < -0.4 is 4.74 Å². The lowest BCUT2D eigenvalue weighted by Crippen LogP contribution is -2.06. The quantitative estimate of drug-likeness (QED) is 0.612. The van der Waals surface area contributed by atoms with Crippen molar-refractivity contribution in [2.75, 3.05) is 7.11 Å². The zero-order valence-corrected chi connectivity index (χ0v) is 14.5.